The van der Waals surface area contributed by atoms with Gasteiger partial charge in [-0.05, 0) is 13.3 Å². The molecule has 0 radical (unpaired) electrons. The van der Waals surface area contributed by atoms with Gasteiger partial charge in [0.05, 0.1) is 12.5 Å². The van der Waals surface area contributed by atoms with E-state index in [1.54, 1.807) is 0 Å². The summed E-state index contributed by atoms with van der Waals surface area (Å²) in [5.41, 5.74) is 0. The van der Waals surface area contributed by atoms with Crippen molar-refractivity contribution < 1.29 is 9.90 Å². The normalized spacial score (nSPS) is 29.8. The van der Waals surface area contributed by atoms with Crippen LogP contribution in [0.5, 0.6) is 0 Å². The lowest BCUT2D eigenvalue weighted by atomic mass is 10.0. The van der Waals surface area contributed by atoms with E-state index in [-0.39, 0.29) is 18.4 Å². The molecular formula is C10H15NO2. The molecule has 0 unspecified atom stereocenters. The molecule has 0 aromatic heterocycles. The number of hydrogen-bond donors (Lipinski definition) is 2. The highest BCUT2D eigenvalue weighted by atomic mass is 16.3. The number of amides is 1. The highest BCUT2D eigenvalue weighted by Gasteiger charge is 2.22. The lowest BCUT2D eigenvalue weighted by Crippen LogP contribution is -2.43. The molecule has 1 aliphatic heterocycles. The number of hydrogen-bond acceptors (Lipinski definition) is 2. The summed E-state index contributed by atoms with van der Waals surface area (Å²) in [6.07, 6.45) is 7.93. The smallest absolute Gasteiger partial charge is 0.223 e. The maximum Gasteiger partial charge on any atom is 0.223 e. The number of aliphatic hydroxyl groups is 1. The second kappa shape index (κ2) is 4.82. The van der Waals surface area contributed by atoms with Crippen LogP contribution in [0.2, 0.25) is 0 Å². The van der Waals surface area contributed by atoms with E-state index in [4.69, 9.17) is 0 Å². The number of carbonyl (C=O) groups is 1. The van der Waals surface area contributed by atoms with Gasteiger partial charge in [-0.25, -0.2) is 0 Å². The van der Waals surface area contributed by atoms with Crippen LogP contribution in [0.1, 0.15) is 19.8 Å². The first-order valence-electron chi connectivity index (χ1n) is 4.49. The first kappa shape index (κ1) is 9.99. The third kappa shape index (κ3) is 3.42. The molecule has 1 saturated heterocycles. The number of allylic oxidation sites excluding steroid dienone is 3. The predicted octanol–water partition coefficient (Wildman–Crippen LogP) is 0.758. The zero-order valence-corrected chi connectivity index (χ0v) is 7.73. The van der Waals surface area contributed by atoms with E-state index in [1.807, 2.05) is 31.2 Å². The van der Waals surface area contributed by atoms with Crippen LogP contribution in [0.15, 0.2) is 24.3 Å². The average Bonchev–Trinajstić information content (AvgIpc) is 2.03. The minimum Gasteiger partial charge on any atom is -0.393 e. The van der Waals surface area contributed by atoms with E-state index in [0.717, 1.165) is 0 Å². The SMILES string of the molecule is C/C=C/C=C/[C@@H]1C[C@@H](O)CC(=O)N1. The van der Waals surface area contributed by atoms with Crippen molar-refractivity contribution in [3.63, 3.8) is 0 Å². The Morgan fingerprint density at radius 2 is 2.31 bits per heavy atom. The Morgan fingerprint density at radius 3 is 2.92 bits per heavy atom. The monoisotopic (exact) mass is 181 g/mol. The molecule has 13 heavy (non-hydrogen) atoms. The van der Waals surface area contributed by atoms with E-state index in [9.17, 15) is 9.90 Å². The summed E-state index contributed by atoms with van der Waals surface area (Å²) in [5.74, 6) is -0.0751. The number of rotatable bonds is 2. The summed E-state index contributed by atoms with van der Waals surface area (Å²) >= 11 is 0. The Kier molecular flexibility index (Phi) is 3.71. The fourth-order valence-electron chi connectivity index (χ4n) is 1.35. The van der Waals surface area contributed by atoms with Crippen molar-refractivity contribution in [2.75, 3.05) is 0 Å². The first-order chi connectivity index (χ1) is 6.22. The molecule has 1 fully saturated rings. The van der Waals surface area contributed by atoms with Gasteiger partial charge in [-0.3, -0.25) is 4.79 Å². The molecule has 3 nitrogen and oxygen atoms in total. The van der Waals surface area contributed by atoms with Crippen molar-refractivity contribution in [3.05, 3.63) is 24.3 Å². The Labute approximate surface area is 78.1 Å². The van der Waals surface area contributed by atoms with Crippen molar-refractivity contribution >= 4 is 5.91 Å². The van der Waals surface area contributed by atoms with Gasteiger partial charge in [0.25, 0.3) is 0 Å². The van der Waals surface area contributed by atoms with Gasteiger partial charge in [-0.2, -0.15) is 0 Å². The minimum absolute atomic E-state index is 0.0209. The van der Waals surface area contributed by atoms with Crippen LogP contribution in [0, 0.1) is 0 Å². The first-order valence-corrected chi connectivity index (χ1v) is 4.49. The topological polar surface area (TPSA) is 49.3 Å². The molecular weight excluding hydrogens is 166 g/mol. The van der Waals surface area contributed by atoms with Gasteiger partial charge in [-0.15, -0.1) is 0 Å². The van der Waals surface area contributed by atoms with Crippen LogP contribution in [0.4, 0.5) is 0 Å². The molecule has 72 valence electrons. The number of nitrogens with one attached hydrogen (secondary N) is 1. The van der Waals surface area contributed by atoms with Crippen LogP contribution < -0.4 is 5.32 Å². The molecule has 0 aliphatic carbocycles. The van der Waals surface area contributed by atoms with Crippen molar-refractivity contribution in [2.24, 2.45) is 0 Å². The van der Waals surface area contributed by atoms with E-state index < -0.39 is 6.10 Å². The quantitative estimate of drug-likeness (QED) is 0.618. The third-order valence-corrected chi connectivity index (χ3v) is 1.94. The lowest BCUT2D eigenvalue weighted by Gasteiger charge is -2.24. The van der Waals surface area contributed by atoms with Gasteiger partial charge in [0.1, 0.15) is 0 Å². The molecule has 3 heteroatoms. The summed E-state index contributed by atoms with van der Waals surface area (Å²) in [6.45, 7) is 1.93. The third-order valence-electron chi connectivity index (χ3n) is 1.94. The van der Waals surface area contributed by atoms with Crippen molar-refractivity contribution in [1.29, 1.82) is 0 Å². The molecule has 0 spiro atoms. The summed E-state index contributed by atoms with van der Waals surface area (Å²) in [6, 6.07) is -0.0209. The van der Waals surface area contributed by atoms with Crippen LogP contribution in [-0.4, -0.2) is 23.2 Å². The summed E-state index contributed by atoms with van der Waals surface area (Å²) < 4.78 is 0. The van der Waals surface area contributed by atoms with E-state index >= 15 is 0 Å². The average molecular weight is 181 g/mol. The zero-order chi connectivity index (χ0) is 9.68. The summed E-state index contributed by atoms with van der Waals surface area (Å²) in [5, 5.41) is 12.1. The second-order valence-corrected chi connectivity index (χ2v) is 3.18. The molecule has 1 amide bonds. The minimum atomic E-state index is -0.492. The molecule has 0 aromatic rings. The van der Waals surface area contributed by atoms with E-state index in [0.29, 0.717) is 6.42 Å². The maximum absolute atomic E-state index is 11.0. The van der Waals surface area contributed by atoms with E-state index in [1.165, 1.54) is 0 Å². The largest absolute Gasteiger partial charge is 0.393 e. The number of piperidine rings is 1. The Morgan fingerprint density at radius 1 is 1.54 bits per heavy atom. The highest BCUT2D eigenvalue weighted by molar-refractivity contribution is 5.77. The number of carbonyl (C=O) groups excluding carboxylic acids is 1. The van der Waals surface area contributed by atoms with Crippen molar-refractivity contribution in [1.82, 2.24) is 5.32 Å². The van der Waals surface area contributed by atoms with E-state index in [2.05, 4.69) is 5.32 Å². The van der Waals surface area contributed by atoms with Crippen LogP contribution >= 0.6 is 0 Å². The van der Waals surface area contributed by atoms with Gasteiger partial charge in [0, 0.05) is 6.04 Å². The Balaban J connectivity index is 2.45. The molecule has 2 N–H and O–H groups in total. The van der Waals surface area contributed by atoms with Gasteiger partial charge >= 0.3 is 0 Å². The van der Waals surface area contributed by atoms with Crippen LogP contribution in [-0.2, 0) is 4.79 Å². The van der Waals surface area contributed by atoms with Gasteiger partial charge in [0.2, 0.25) is 5.91 Å². The van der Waals surface area contributed by atoms with Crippen LogP contribution in [0.25, 0.3) is 0 Å². The summed E-state index contributed by atoms with van der Waals surface area (Å²) in [4.78, 5) is 11.0. The Hall–Kier alpha value is -1.09. The summed E-state index contributed by atoms with van der Waals surface area (Å²) in [7, 11) is 0. The van der Waals surface area contributed by atoms with Gasteiger partial charge in [-0.1, -0.05) is 24.3 Å². The fraction of sp³-hybridized carbons (Fsp3) is 0.500. The fourth-order valence-corrected chi connectivity index (χ4v) is 1.35. The molecule has 0 bridgehead atoms. The molecule has 0 saturated carbocycles. The Bertz CT molecular complexity index is 233. The molecule has 1 aliphatic rings. The second-order valence-electron chi connectivity index (χ2n) is 3.18. The van der Waals surface area contributed by atoms with Gasteiger partial charge < -0.3 is 10.4 Å². The zero-order valence-electron chi connectivity index (χ0n) is 7.73. The molecule has 0 aromatic carbocycles. The van der Waals surface area contributed by atoms with Gasteiger partial charge in [0.15, 0.2) is 0 Å². The number of aliphatic hydroxyl groups excluding tert-OH is 1. The maximum atomic E-state index is 11.0. The predicted molar refractivity (Wildman–Crippen MR) is 51.1 cm³/mol. The molecule has 2 atom stereocenters. The lowest BCUT2D eigenvalue weighted by molar-refractivity contribution is -0.125. The molecule has 1 heterocycles. The van der Waals surface area contributed by atoms with Crippen molar-refractivity contribution in [3.8, 4) is 0 Å². The standard InChI is InChI=1S/C10H15NO2/c1-2-3-4-5-8-6-9(12)7-10(13)11-8/h2-5,8-9,12H,6-7H2,1H3,(H,11,13)/b3-2+,5-4+/t8-,9-/m1/s1. The highest BCUT2D eigenvalue weighted by Crippen LogP contribution is 2.10. The van der Waals surface area contributed by atoms with Crippen molar-refractivity contribution in [2.45, 2.75) is 31.9 Å². The molecule has 1 rings (SSSR count). The van der Waals surface area contributed by atoms with Crippen LogP contribution in [0.3, 0.4) is 0 Å².